The fourth-order valence-corrected chi connectivity index (χ4v) is 1.87. The number of nitrogens with two attached hydrogens (primary N) is 1. The number of para-hydroxylation sites is 1. The Bertz CT molecular complexity index is 574. The van der Waals surface area contributed by atoms with Gasteiger partial charge in [-0.05, 0) is 35.6 Å². The zero-order valence-electron chi connectivity index (χ0n) is 10.9. The molecule has 1 aromatic heterocycles. The van der Waals surface area contributed by atoms with Gasteiger partial charge in [-0.15, -0.1) is 0 Å². The summed E-state index contributed by atoms with van der Waals surface area (Å²) < 4.78 is 5.78. The van der Waals surface area contributed by atoms with Gasteiger partial charge in [-0.1, -0.05) is 32.0 Å². The highest BCUT2D eigenvalue weighted by molar-refractivity contribution is 6.28. The summed E-state index contributed by atoms with van der Waals surface area (Å²) in [4.78, 5) is 7.81. The van der Waals surface area contributed by atoms with E-state index in [-0.39, 0.29) is 11.2 Å². The summed E-state index contributed by atoms with van der Waals surface area (Å²) in [6, 6.07) is 7.85. The van der Waals surface area contributed by atoms with E-state index in [0.717, 1.165) is 17.7 Å². The molecule has 0 aliphatic carbocycles. The molecule has 2 rings (SSSR count). The molecule has 0 aliphatic rings. The lowest BCUT2D eigenvalue weighted by Gasteiger charge is -2.15. The predicted octanol–water partition coefficient (Wildman–Crippen LogP) is 4.02. The molecule has 2 N–H and O–H groups in total. The zero-order valence-corrected chi connectivity index (χ0v) is 11.7. The SMILES string of the molecule is CCC(C)c1ccccc1Oc1nc(Cl)ncc1N. The molecular formula is C14H16ClN3O. The number of rotatable bonds is 4. The Labute approximate surface area is 117 Å². The number of benzene rings is 1. The maximum atomic E-state index is 5.79. The molecule has 5 heteroatoms. The lowest BCUT2D eigenvalue weighted by Crippen LogP contribution is -2.00. The van der Waals surface area contributed by atoms with Crippen molar-refractivity contribution in [3.8, 4) is 11.6 Å². The Kier molecular flexibility index (Phi) is 4.22. The van der Waals surface area contributed by atoms with E-state index in [0.29, 0.717) is 11.6 Å². The predicted molar refractivity (Wildman–Crippen MR) is 76.7 cm³/mol. The van der Waals surface area contributed by atoms with Crippen LogP contribution in [0.5, 0.6) is 11.6 Å². The first-order valence-corrected chi connectivity index (χ1v) is 6.54. The molecule has 4 nitrogen and oxygen atoms in total. The monoisotopic (exact) mass is 277 g/mol. The van der Waals surface area contributed by atoms with Gasteiger partial charge in [0.25, 0.3) is 0 Å². The van der Waals surface area contributed by atoms with Crippen LogP contribution in [0.15, 0.2) is 30.5 Å². The lowest BCUT2D eigenvalue weighted by molar-refractivity contribution is 0.453. The van der Waals surface area contributed by atoms with Gasteiger partial charge in [-0.2, -0.15) is 4.98 Å². The number of anilines is 1. The number of aromatic nitrogens is 2. The molecule has 1 heterocycles. The molecular weight excluding hydrogens is 262 g/mol. The Morgan fingerprint density at radius 1 is 1.37 bits per heavy atom. The van der Waals surface area contributed by atoms with E-state index >= 15 is 0 Å². The molecule has 0 saturated carbocycles. The summed E-state index contributed by atoms with van der Waals surface area (Å²) in [6.07, 6.45) is 2.47. The van der Waals surface area contributed by atoms with Crippen LogP contribution in [0.1, 0.15) is 31.7 Å². The fourth-order valence-electron chi connectivity index (χ4n) is 1.74. The minimum atomic E-state index is 0.116. The van der Waals surface area contributed by atoms with Crippen molar-refractivity contribution in [3.05, 3.63) is 41.3 Å². The first-order valence-electron chi connectivity index (χ1n) is 6.16. The molecule has 0 bridgehead atoms. The van der Waals surface area contributed by atoms with E-state index in [4.69, 9.17) is 22.1 Å². The second-order valence-corrected chi connectivity index (χ2v) is 4.69. The Hall–Kier alpha value is -1.81. The number of ether oxygens (including phenoxy) is 1. The van der Waals surface area contributed by atoms with Crippen LogP contribution in [-0.4, -0.2) is 9.97 Å². The largest absolute Gasteiger partial charge is 0.437 e. The Morgan fingerprint density at radius 3 is 2.84 bits per heavy atom. The standard InChI is InChI=1S/C14H16ClN3O/c1-3-9(2)10-6-4-5-7-12(10)19-13-11(16)8-17-14(15)18-13/h4-9H,3,16H2,1-2H3. The molecule has 1 aromatic carbocycles. The summed E-state index contributed by atoms with van der Waals surface area (Å²) in [5.41, 5.74) is 7.28. The van der Waals surface area contributed by atoms with E-state index in [9.17, 15) is 0 Å². The number of halogens is 1. The highest BCUT2D eigenvalue weighted by Crippen LogP contribution is 2.33. The highest BCUT2D eigenvalue weighted by atomic mass is 35.5. The molecule has 19 heavy (non-hydrogen) atoms. The van der Waals surface area contributed by atoms with Crippen LogP contribution in [-0.2, 0) is 0 Å². The lowest BCUT2D eigenvalue weighted by atomic mass is 9.98. The molecule has 0 amide bonds. The van der Waals surface area contributed by atoms with Crippen LogP contribution in [0, 0.1) is 0 Å². The van der Waals surface area contributed by atoms with Gasteiger partial charge in [0, 0.05) is 0 Å². The van der Waals surface area contributed by atoms with Crippen LogP contribution < -0.4 is 10.5 Å². The molecule has 1 unspecified atom stereocenters. The average Bonchev–Trinajstić information content (AvgIpc) is 2.42. The van der Waals surface area contributed by atoms with Crippen molar-refractivity contribution in [2.75, 3.05) is 5.73 Å². The molecule has 0 radical (unpaired) electrons. The van der Waals surface area contributed by atoms with E-state index in [1.54, 1.807) is 0 Å². The average molecular weight is 278 g/mol. The van der Waals surface area contributed by atoms with Crippen molar-refractivity contribution >= 4 is 17.3 Å². The molecule has 0 aliphatic heterocycles. The van der Waals surface area contributed by atoms with Gasteiger partial charge in [0.05, 0.1) is 6.20 Å². The third-order valence-corrected chi connectivity index (χ3v) is 3.20. The molecule has 2 aromatic rings. The molecule has 1 atom stereocenters. The highest BCUT2D eigenvalue weighted by Gasteiger charge is 2.12. The van der Waals surface area contributed by atoms with Crippen molar-refractivity contribution in [1.29, 1.82) is 0 Å². The Morgan fingerprint density at radius 2 is 2.11 bits per heavy atom. The molecule has 0 fully saturated rings. The van der Waals surface area contributed by atoms with Crippen LogP contribution in [0.3, 0.4) is 0 Å². The third-order valence-electron chi connectivity index (χ3n) is 3.02. The minimum absolute atomic E-state index is 0.116. The van der Waals surface area contributed by atoms with Gasteiger partial charge in [0.1, 0.15) is 11.4 Å². The van der Waals surface area contributed by atoms with Gasteiger partial charge in [-0.25, -0.2) is 4.98 Å². The molecule has 0 spiro atoms. The van der Waals surface area contributed by atoms with Crippen LogP contribution in [0.2, 0.25) is 5.28 Å². The topological polar surface area (TPSA) is 61.0 Å². The normalized spacial score (nSPS) is 12.2. The summed E-state index contributed by atoms with van der Waals surface area (Å²) >= 11 is 5.75. The number of nitrogens with zero attached hydrogens (tertiary/aromatic N) is 2. The van der Waals surface area contributed by atoms with Gasteiger partial charge in [0.2, 0.25) is 11.2 Å². The van der Waals surface area contributed by atoms with Crippen molar-refractivity contribution < 1.29 is 4.74 Å². The second kappa shape index (κ2) is 5.89. The number of hydrogen-bond donors (Lipinski definition) is 1. The second-order valence-electron chi connectivity index (χ2n) is 4.35. The smallest absolute Gasteiger partial charge is 0.247 e. The van der Waals surface area contributed by atoms with E-state index in [1.807, 2.05) is 24.3 Å². The summed E-state index contributed by atoms with van der Waals surface area (Å²) in [5.74, 6) is 1.43. The van der Waals surface area contributed by atoms with Crippen LogP contribution in [0.4, 0.5) is 5.69 Å². The quantitative estimate of drug-likeness (QED) is 0.858. The molecule has 0 saturated heterocycles. The van der Waals surface area contributed by atoms with Crippen molar-refractivity contribution in [1.82, 2.24) is 9.97 Å². The summed E-state index contributed by atoms with van der Waals surface area (Å²) in [7, 11) is 0. The molecule has 100 valence electrons. The number of hydrogen-bond acceptors (Lipinski definition) is 4. The van der Waals surface area contributed by atoms with Crippen molar-refractivity contribution in [2.24, 2.45) is 0 Å². The van der Waals surface area contributed by atoms with E-state index in [2.05, 4.69) is 23.8 Å². The van der Waals surface area contributed by atoms with Gasteiger partial charge in [0.15, 0.2) is 0 Å². The van der Waals surface area contributed by atoms with Crippen molar-refractivity contribution in [3.63, 3.8) is 0 Å². The summed E-state index contributed by atoms with van der Waals surface area (Å²) in [6.45, 7) is 4.29. The summed E-state index contributed by atoms with van der Waals surface area (Å²) in [5, 5.41) is 0.116. The third kappa shape index (κ3) is 3.15. The first-order chi connectivity index (χ1) is 9.11. The van der Waals surface area contributed by atoms with E-state index in [1.165, 1.54) is 6.20 Å². The first kappa shape index (κ1) is 13.6. The van der Waals surface area contributed by atoms with E-state index < -0.39 is 0 Å². The van der Waals surface area contributed by atoms with Crippen molar-refractivity contribution in [2.45, 2.75) is 26.2 Å². The van der Waals surface area contributed by atoms with Gasteiger partial charge >= 0.3 is 0 Å². The van der Waals surface area contributed by atoms with Gasteiger partial charge in [-0.3, -0.25) is 0 Å². The fraction of sp³-hybridized carbons (Fsp3) is 0.286. The van der Waals surface area contributed by atoms with Crippen LogP contribution >= 0.6 is 11.6 Å². The van der Waals surface area contributed by atoms with Gasteiger partial charge < -0.3 is 10.5 Å². The van der Waals surface area contributed by atoms with Crippen LogP contribution in [0.25, 0.3) is 0 Å². The maximum absolute atomic E-state index is 5.79. The minimum Gasteiger partial charge on any atom is -0.437 e. The Balaban J connectivity index is 2.35. The number of nitrogen functional groups attached to an aromatic ring is 1. The zero-order chi connectivity index (χ0) is 13.8. The maximum Gasteiger partial charge on any atom is 0.247 e.